The van der Waals surface area contributed by atoms with Crippen molar-refractivity contribution in [2.45, 2.75) is 6.92 Å². The quantitative estimate of drug-likeness (QED) is 0.413. The van der Waals surface area contributed by atoms with Crippen molar-refractivity contribution in [3.05, 3.63) is 71.8 Å². The Morgan fingerprint density at radius 1 is 0.964 bits per heavy atom. The van der Waals surface area contributed by atoms with Crippen molar-refractivity contribution >= 4 is 38.9 Å². The van der Waals surface area contributed by atoms with E-state index in [9.17, 15) is 9.90 Å². The average Bonchev–Trinajstić information content (AvgIpc) is 3.13. The molecule has 0 radical (unpaired) electrons. The minimum atomic E-state index is -1.00. The molecule has 28 heavy (non-hydrogen) atoms. The summed E-state index contributed by atoms with van der Waals surface area (Å²) in [7, 11) is 0. The van der Waals surface area contributed by atoms with Crippen molar-refractivity contribution < 1.29 is 15.0 Å². The second-order valence-electron chi connectivity index (χ2n) is 6.22. The van der Waals surface area contributed by atoms with Crippen molar-refractivity contribution in [3.63, 3.8) is 0 Å². The van der Waals surface area contributed by atoms with Crippen LogP contribution in [-0.2, 0) is 0 Å². The number of carbonyl (C=O) groups is 1. The molecule has 1 aromatic heterocycles. The van der Waals surface area contributed by atoms with Gasteiger partial charge in [-0.2, -0.15) is 5.11 Å². The van der Waals surface area contributed by atoms with Gasteiger partial charge in [-0.1, -0.05) is 29.8 Å². The van der Waals surface area contributed by atoms with Gasteiger partial charge in [0.2, 0.25) is 0 Å². The van der Waals surface area contributed by atoms with Gasteiger partial charge < -0.3 is 10.2 Å². The number of aromatic carboxylic acids is 1. The summed E-state index contributed by atoms with van der Waals surface area (Å²) in [5.74, 6) is -1.03. The molecular formula is C21H15N3O3S. The van der Waals surface area contributed by atoms with E-state index in [1.54, 1.807) is 18.2 Å². The number of fused-ring (bicyclic) bond motifs is 1. The highest BCUT2D eigenvalue weighted by Gasteiger charge is 2.13. The zero-order valence-corrected chi connectivity index (χ0v) is 15.6. The third-order valence-electron chi connectivity index (χ3n) is 4.20. The number of carboxylic acids is 1. The second kappa shape index (κ2) is 7.21. The molecule has 0 amide bonds. The number of benzene rings is 3. The zero-order valence-electron chi connectivity index (χ0n) is 14.8. The Hall–Kier alpha value is -3.58. The number of rotatable bonds is 4. The molecule has 0 unspecified atom stereocenters. The van der Waals surface area contributed by atoms with Crippen LogP contribution in [0.2, 0.25) is 0 Å². The molecule has 6 nitrogen and oxygen atoms in total. The number of aryl methyl sites for hydroxylation is 1. The van der Waals surface area contributed by atoms with Crippen LogP contribution in [0.3, 0.4) is 0 Å². The van der Waals surface area contributed by atoms with Crippen LogP contribution < -0.4 is 0 Å². The molecule has 0 bridgehead atoms. The van der Waals surface area contributed by atoms with Crippen LogP contribution in [0.5, 0.6) is 5.75 Å². The second-order valence-corrected chi connectivity index (χ2v) is 7.25. The van der Waals surface area contributed by atoms with Crippen LogP contribution >= 0.6 is 11.3 Å². The molecule has 0 spiro atoms. The molecule has 2 N–H and O–H groups in total. The predicted molar refractivity (Wildman–Crippen MR) is 109 cm³/mol. The molecule has 0 aliphatic heterocycles. The van der Waals surface area contributed by atoms with Crippen LogP contribution in [0.1, 0.15) is 15.9 Å². The maximum absolute atomic E-state index is 10.9. The first kappa shape index (κ1) is 17.8. The highest BCUT2D eigenvalue weighted by molar-refractivity contribution is 7.21. The summed E-state index contributed by atoms with van der Waals surface area (Å²) in [5.41, 5.74) is 3.62. The van der Waals surface area contributed by atoms with Crippen LogP contribution in [0.25, 0.3) is 20.8 Å². The van der Waals surface area contributed by atoms with E-state index in [0.29, 0.717) is 16.9 Å². The number of hydrogen-bond acceptors (Lipinski definition) is 6. The third-order valence-corrected chi connectivity index (χ3v) is 5.27. The summed E-state index contributed by atoms with van der Waals surface area (Å²) < 4.78 is 0.859. The van der Waals surface area contributed by atoms with Gasteiger partial charge in [-0.15, -0.1) is 16.5 Å². The Balaban J connectivity index is 1.65. The van der Waals surface area contributed by atoms with Gasteiger partial charge in [0, 0.05) is 5.56 Å². The topological polar surface area (TPSA) is 95.1 Å². The van der Waals surface area contributed by atoms with Crippen LogP contribution in [-0.4, -0.2) is 21.2 Å². The molecule has 4 rings (SSSR count). The highest BCUT2D eigenvalue weighted by Crippen LogP contribution is 2.40. The summed E-state index contributed by atoms with van der Waals surface area (Å²) in [6, 6.07) is 17.6. The molecular weight excluding hydrogens is 374 g/mol. The van der Waals surface area contributed by atoms with Crippen molar-refractivity contribution in [1.82, 2.24) is 4.98 Å². The molecule has 7 heteroatoms. The molecule has 0 aliphatic rings. The maximum atomic E-state index is 10.9. The van der Waals surface area contributed by atoms with Crippen molar-refractivity contribution in [1.29, 1.82) is 0 Å². The lowest BCUT2D eigenvalue weighted by molar-refractivity contribution is 0.0697. The summed E-state index contributed by atoms with van der Waals surface area (Å²) in [4.78, 5) is 15.4. The van der Waals surface area contributed by atoms with E-state index in [2.05, 4.69) is 15.2 Å². The minimum absolute atomic E-state index is 0.0296. The molecule has 4 aromatic rings. The summed E-state index contributed by atoms with van der Waals surface area (Å²) in [6.07, 6.45) is 0. The summed E-state index contributed by atoms with van der Waals surface area (Å²) >= 11 is 1.50. The molecule has 0 saturated heterocycles. The fraction of sp³-hybridized carbons (Fsp3) is 0.0476. The normalized spacial score (nSPS) is 11.3. The molecule has 0 atom stereocenters. The number of hydrogen-bond donors (Lipinski definition) is 2. The fourth-order valence-electron chi connectivity index (χ4n) is 2.65. The van der Waals surface area contributed by atoms with Gasteiger partial charge in [-0.25, -0.2) is 9.78 Å². The number of carboxylic acid groups (broad SMARTS) is 1. The molecule has 0 saturated carbocycles. The summed E-state index contributed by atoms with van der Waals surface area (Å²) in [5, 5.41) is 28.5. The monoisotopic (exact) mass is 389 g/mol. The molecule has 0 fully saturated rings. The Labute approximate surface area is 164 Å². The number of thiazole rings is 1. The van der Waals surface area contributed by atoms with Crippen LogP contribution in [0.4, 0.5) is 11.4 Å². The first-order valence-corrected chi connectivity index (χ1v) is 9.27. The number of aromatic nitrogens is 1. The van der Waals surface area contributed by atoms with Gasteiger partial charge in [-0.3, -0.25) is 0 Å². The molecule has 138 valence electrons. The van der Waals surface area contributed by atoms with Crippen molar-refractivity contribution in [3.8, 4) is 16.3 Å². The van der Waals surface area contributed by atoms with Gasteiger partial charge in [0.1, 0.15) is 16.2 Å². The smallest absolute Gasteiger partial charge is 0.335 e. The number of aromatic hydroxyl groups is 1. The summed E-state index contributed by atoms with van der Waals surface area (Å²) in [6.45, 7) is 2.03. The maximum Gasteiger partial charge on any atom is 0.335 e. The molecule has 0 aliphatic carbocycles. The SMILES string of the molecule is Cc1ccc(-c2nc3c(O)c(N=Nc4ccc(C(=O)O)cc4)ccc3s2)cc1. The van der Waals surface area contributed by atoms with Gasteiger partial charge in [-0.05, 0) is 43.3 Å². The van der Waals surface area contributed by atoms with Gasteiger partial charge in [0.05, 0.1) is 16.0 Å². The number of azo groups is 1. The minimum Gasteiger partial charge on any atom is -0.504 e. The van der Waals surface area contributed by atoms with E-state index < -0.39 is 5.97 Å². The van der Waals surface area contributed by atoms with E-state index in [4.69, 9.17) is 5.11 Å². The van der Waals surface area contributed by atoms with E-state index in [0.717, 1.165) is 15.3 Å². The van der Waals surface area contributed by atoms with E-state index >= 15 is 0 Å². The first-order chi connectivity index (χ1) is 13.5. The number of nitrogens with zero attached hydrogens (tertiary/aromatic N) is 3. The van der Waals surface area contributed by atoms with Crippen LogP contribution in [0, 0.1) is 6.92 Å². The lowest BCUT2D eigenvalue weighted by atomic mass is 10.2. The largest absolute Gasteiger partial charge is 0.504 e. The van der Waals surface area contributed by atoms with E-state index in [1.807, 2.05) is 37.3 Å². The van der Waals surface area contributed by atoms with Crippen molar-refractivity contribution in [2.24, 2.45) is 10.2 Å². The third kappa shape index (κ3) is 3.47. The Bertz CT molecular complexity index is 1200. The number of phenolic OH excluding ortho intramolecular Hbond substituents is 1. The standard InChI is InChI=1S/C21H15N3O3S/c1-12-2-4-13(5-3-12)20-22-18-17(28-20)11-10-16(19(18)25)24-23-15-8-6-14(7-9-15)21(26)27/h2-11,25H,1H3,(H,26,27). The zero-order chi connectivity index (χ0) is 19.7. The lowest BCUT2D eigenvalue weighted by Gasteiger charge is -1.99. The number of phenols is 1. The fourth-order valence-corrected chi connectivity index (χ4v) is 3.63. The lowest BCUT2D eigenvalue weighted by Crippen LogP contribution is -1.93. The van der Waals surface area contributed by atoms with Gasteiger partial charge >= 0.3 is 5.97 Å². The van der Waals surface area contributed by atoms with E-state index in [-0.39, 0.29) is 11.3 Å². The van der Waals surface area contributed by atoms with Crippen LogP contribution in [0.15, 0.2) is 70.9 Å². The Morgan fingerprint density at radius 2 is 1.68 bits per heavy atom. The average molecular weight is 389 g/mol. The van der Waals surface area contributed by atoms with E-state index in [1.165, 1.54) is 29.0 Å². The Morgan fingerprint density at radius 3 is 2.36 bits per heavy atom. The van der Waals surface area contributed by atoms with Crippen molar-refractivity contribution in [2.75, 3.05) is 0 Å². The van der Waals surface area contributed by atoms with Gasteiger partial charge in [0.15, 0.2) is 5.75 Å². The highest BCUT2D eigenvalue weighted by atomic mass is 32.1. The first-order valence-electron chi connectivity index (χ1n) is 8.46. The Kier molecular flexibility index (Phi) is 4.58. The predicted octanol–water partition coefficient (Wildman–Crippen LogP) is 6.09. The molecule has 3 aromatic carbocycles. The van der Waals surface area contributed by atoms with Gasteiger partial charge in [0.25, 0.3) is 0 Å². The molecule has 1 heterocycles.